The van der Waals surface area contributed by atoms with Crippen LogP contribution in [0.2, 0.25) is 0 Å². The summed E-state index contributed by atoms with van der Waals surface area (Å²) in [6.07, 6.45) is 19.7. The lowest BCUT2D eigenvalue weighted by Gasteiger charge is -2.34. The molecule has 0 aromatic rings. The Bertz CT molecular complexity index is 712. The Labute approximate surface area is 237 Å². The summed E-state index contributed by atoms with van der Waals surface area (Å²) in [6, 6.07) is -0.727. The first-order valence-electron chi connectivity index (χ1n) is 14.9. The quantitative estimate of drug-likeness (QED) is 0.0686. The van der Waals surface area contributed by atoms with E-state index in [1.54, 1.807) is 21.1 Å². The van der Waals surface area contributed by atoms with E-state index in [0.29, 0.717) is 12.8 Å². The normalized spacial score (nSPS) is 13.6. The zero-order chi connectivity index (χ0) is 29.4. The van der Waals surface area contributed by atoms with Crippen LogP contribution in [0.4, 0.5) is 0 Å². The lowest BCUT2D eigenvalue weighted by atomic mass is 10.1. The number of aliphatic carboxylic acids is 1. The third-order valence-electron chi connectivity index (χ3n) is 6.37. The number of quaternary nitrogens is 1. The molecule has 0 rings (SSSR count). The predicted molar refractivity (Wildman–Crippen MR) is 153 cm³/mol. The Balaban J connectivity index is 4.60. The molecule has 0 heterocycles. The van der Waals surface area contributed by atoms with E-state index in [4.69, 9.17) is 14.2 Å². The van der Waals surface area contributed by atoms with Gasteiger partial charge in [0, 0.05) is 19.3 Å². The molecule has 0 radical (unpaired) electrons. The number of ether oxygens (including phenoxy) is 3. The highest BCUT2D eigenvalue weighted by atomic mass is 16.6. The minimum absolute atomic E-state index is 0.0192. The highest BCUT2D eigenvalue weighted by molar-refractivity contribution is 5.70. The molecule has 0 aromatic carbocycles. The SMILES string of the molecule is CC/C=C/C/C=C/CCC(=O)OC(COCCC(C(=O)[O-])[N+](C)(C)C)COC(=O)CCCCCCCCCC. The van der Waals surface area contributed by atoms with E-state index in [9.17, 15) is 19.5 Å². The fourth-order valence-corrected chi connectivity index (χ4v) is 4.01. The van der Waals surface area contributed by atoms with Crippen molar-refractivity contribution >= 4 is 17.9 Å². The first kappa shape index (κ1) is 36.8. The van der Waals surface area contributed by atoms with Crippen LogP contribution in [0.15, 0.2) is 24.3 Å². The zero-order valence-corrected chi connectivity index (χ0v) is 25.3. The van der Waals surface area contributed by atoms with E-state index < -0.39 is 24.1 Å². The molecule has 0 spiro atoms. The van der Waals surface area contributed by atoms with Crippen molar-refractivity contribution < 1.29 is 38.2 Å². The summed E-state index contributed by atoms with van der Waals surface area (Å²) < 4.78 is 16.8. The Morgan fingerprint density at radius 1 is 0.795 bits per heavy atom. The second-order valence-electron chi connectivity index (χ2n) is 11.0. The number of carboxylic acid groups (broad SMARTS) is 1. The van der Waals surface area contributed by atoms with Gasteiger partial charge in [0.15, 0.2) is 6.10 Å². The standard InChI is InChI=1S/C31H55NO7/c1-6-8-10-12-14-16-17-19-21-29(33)38-26-27(25-37-24-23-28(31(35)36)32(3,4)5)39-30(34)22-20-18-15-13-11-9-7-2/h9,11,15,18,27-28H,6-8,10,12-14,16-17,19-26H2,1-5H3/b11-9+,18-15+. The molecule has 8 heteroatoms. The van der Waals surface area contributed by atoms with Crippen molar-refractivity contribution in [1.82, 2.24) is 0 Å². The summed E-state index contributed by atoms with van der Waals surface area (Å²) in [5, 5.41) is 11.5. The van der Waals surface area contributed by atoms with Crippen molar-refractivity contribution in [3.05, 3.63) is 24.3 Å². The molecule has 0 aliphatic heterocycles. The van der Waals surface area contributed by atoms with Crippen LogP contribution in [-0.4, -0.2) is 75.5 Å². The number of nitrogens with zero attached hydrogens (tertiary/aromatic N) is 1. The van der Waals surface area contributed by atoms with Crippen molar-refractivity contribution in [3.8, 4) is 0 Å². The molecule has 2 atom stereocenters. The fourth-order valence-electron chi connectivity index (χ4n) is 4.01. The molecule has 0 amide bonds. The van der Waals surface area contributed by atoms with Gasteiger partial charge in [0.1, 0.15) is 12.6 Å². The molecule has 0 aliphatic carbocycles. The van der Waals surface area contributed by atoms with Gasteiger partial charge in [-0.1, -0.05) is 83.1 Å². The topological polar surface area (TPSA) is 102 Å². The maximum absolute atomic E-state index is 12.4. The molecule has 0 aromatic heterocycles. The van der Waals surface area contributed by atoms with Crippen molar-refractivity contribution in [2.75, 3.05) is 41.0 Å². The lowest BCUT2D eigenvalue weighted by Crippen LogP contribution is -2.55. The number of esters is 2. The van der Waals surface area contributed by atoms with Crippen LogP contribution in [0.25, 0.3) is 0 Å². The van der Waals surface area contributed by atoms with Gasteiger partial charge in [-0.15, -0.1) is 0 Å². The van der Waals surface area contributed by atoms with Crippen molar-refractivity contribution in [2.45, 2.75) is 116 Å². The first-order chi connectivity index (χ1) is 18.6. The van der Waals surface area contributed by atoms with Crippen LogP contribution < -0.4 is 5.11 Å². The van der Waals surface area contributed by atoms with Gasteiger partial charge in [-0.2, -0.15) is 0 Å². The van der Waals surface area contributed by atoms with Gasteiger partial charge in [-0.3, -0.25) is 9.59 Å². The lowest BCUT2D eigenvalue weighted by molar-refractivity contribution is -0.889. The molecule has 2 unspecified atom stereocenters. The second-order valence-corrected chi connectivity index (χ2v) is 11.0. The highest BCUT2D eigenvalue weighted by Gasteiger charge is 2.25. The molecule has 0 saturated heterocycles. The third-order valence-corrected chi connectivity index (χ3v) is 6.37. The Morgan fingerprint density at radius 2 is 1.44 bits per heavy atom. The summed E-state index contributed by atoms with van der Waals surface area (Å²) in [5.41, 5.74) is 0. The van der Waals surface area contributed by atoms with Crippen molar-refractivity contribution in [1.29, 1.82) is 0 Å². The molecular weight excluding hydrogens is 498 g/mol. The van der Waals surface area contributed by atoms with Gasteiger partial charge in [0.05, 0.1) is 40.3 Å². The minimum Gasteiger partial charge on any atom is -0.544 e. The smallest absolute Gasteiger partial charge is 0.306 e. The molecular formula is C31H55NO7. The van der Waals surface area contributed by atoms with E-state index in [1.165, 1.54) is 32.1 Å². The van der Waals surface area contributed by atoms with E-state index in [-0.39, 0.29) is 43.1 Å². The Morgan fingerprint density at radius 3 is 2.05 bits per heavy atom. The van der Waals surface area contributed by atoms with Crippen molar-refractivity contribution in [3.63, 3.8) is 0 Å². The van der Waals surface area contributed by atoms with Crippen LogP contribution in [0.3, 0.4) is 0 Å². The second kappa shape index (κ2) is 23.7. The van der Waals surface area contributed by atoms with E-state index in [0.717, 1.165) is 32.1 Å². The van der Waals surface area contributed by atoms with Crippen LogP contribution in [0, 0.1) is 0 Å². The number of hydrogen-bond donors (Lipinski definition) is 0. The predicted octanol–water partition coefficient (Wildman–Crippen LogP) is 4.90. The molecule has 0 N–H and O–H groups in total. The largest absolute Gasteiger partial charge is 0.544 e. The number of carbonyl (C=O) groups excluding carboxylic acids is 3. The summed E-state index contributed by atoms with van der Waals surface area (Å²) in [6.45, 7) is 4.37. The maximum Gasteiger partial charge on any atom is 0.306 e. The first-order valence-corrected chi connectivity index (χ1v) is 14.9. The van der Waals surface area contributed by atoms with Gasteiger partial charge in [0.2, 0.25) is 0 Å². The number of unbranched alkanes of at least 4 members (excludes halogenated alkanes) is 7. The number of carbonyl (C=O) groups is 3. The van der Waals surface area contributed by atoms with Crippen LogP contribution in [-0.2, 0) is 28.6 Å². The molecule has 0 bridgehead atoms. The fraction of sp³-hybridized carbons (Fsp3) is 0.774. The molecule has 0 fully saturated rings. The third kappa shape index (κ3) is 22.3. The minimum atomic E-state index is -1.14. The number of carboxylic acids is 1. The van der Waals surface area contributed by atoms with Gasteiger partial charge in [-0.05, 0) is 25.7 Å². The van der Waals surface area contributed by atoms with Crippen LogP contribution >= 0.6 is 0 Å². The van der Waals surface area contributed by atoms with E-state index in [1.807, 2.05) is 12.2 Å². The highest BCUT2D eigenvalue weighted by Crippen LogP contribution is 2.11. The van der Waals surface area contributed by atoms with E-state index >= 15 is 0 Å². The number of likely N-dealkylation sites (N-methyl/N-ethyl adjacent to an activating group) is 1. The Kier molecular flexibility index (Phi) is 22.3. The van der Waals surface area contributed by atoms with Gasteiger partial charge < -0.3 is 28.6 Å². The average Bonchev–Trinajstić information content (AvgIpc) is 2.86. The molecule has 39 heavy (non-hydrogen) atoms. The number of allylic oxidation sites excluding steroid dienone is 4. The number of rotatable bonds is 25. The summed E-state index contributed by atoms with van der Waals surface area (Å²) >= 11 is 0. The van der Waals surface area contributed by atoms with Crippen LogP contribution in [0.1, 0.15) is 104 Å². The number of hydrogen-bond acceptors (Lipinski definition) is 7. The summed E-state index contributed by atoms with van der Waals surface area (Å²) in [4.78, 5) is 36.1. The molecule has 226 valence electrons. The average molecular weight is 554 g/mol. The monoisotopic (exact) mass is 553 g/mol. The maximum atomic E-state index is 12.4. The zero-order valence-electron chi connectivity index (χ0n) is 25.3. The van der Waals surface area contributed by atoms with Gasteiger partial charge >= 0.3 is 11.9 Å². The van der Waals surface area contributed by atoms with Gasteiger partial charge in [0.25, 0.3) is 0 Å². The molecule has 8 nitrogen and oxygen atoms in total. The molecule has 0 saturated carbocycles. The van der Waals surface area contributed by atoms with Gasteiger partial charge in [-0.25, -0.2) is 0 Å². The molecule has 0 aliphatic rings. The van der Waals surface area contributed by atoms with Crippen molar-refractivity contribution in [2.24, 2.45) is 0 Å². The van der Waals surface area contributed by atoms with Crippen LogP contribution in [0.5, 0.6) is 0 Å². The van der Waals surface area contributed by atoms with E-state index in [2.05, 4.69) is 26.0 Å². The summed E-state index contributed by atoms with van der Waals surface area (Å²) in [7, 11) is 5.35. The summed E-state index contributed by atoms with van der Waals surface area (Å²) in [5.74, 6) is -1.84. The Hall–Kier alpha value is -2.19.